The maximum atomic E-state index is 12.4. The highest BCUT2D eigenvalue weighted by Gasteiger charge is 2.56. The Morgan fingerprint density at radius 2 is 2.05 bits per heavy atom. The number of nitrogens with one attached hydrogen (secondary N) is 1. The van der Waals surface area contributed by atoms with Gasteiger partial charge in [-0.1, -0.05) is 6.92 Å². The van der Waals surface area contributed by atoms with Crippen LogP contribution in [0.5, 0.6) is 0 Å². The van der Waals surface area contributed by atoms with E-state index in [2.05, 4.69) is 5.32 Å². The molecule has 2 aliphatic rings. The normalized spacial score (nSPS) is 25.9. The lowest BCUT2D eigenvalue weighted by Crippen LogP contribution is -2.47. The van der Waals surface area contributed by atoms with Crippen LogP contribution in [0.15, 0.2) is 0 Å². The molecular formula is C14H21N3O5. The highest BCUT2D eigenvalue weighted by molar-refractivity contribution is 6.09. The van der Waals surface area contributed by atoms with Crippen molar-refractivity contribution in [3.05, 3.63) is 0 Å². The summed E-state index contributed by atoms with van der Waals surface area (Å²) in [5.74, 6) is -2.43. The van der Waals surface area contributed by atoms with Gasteiger partial charge >= 0.3 is 12.0 Å². The fraction of sp³-hybridized carbons (Fsp3) is 0.714. The Labute approximate surface area is 128 Å². The van der Waals surface area contributed by atoms with Gasteiger partial charge in [-0.15, -0.1) is 0 Å². The van der Waals surface area contributed by atoms with Crippen molar-refractivity contribution in [1.82, 2.24) is 15.1 Å². The molecule has 22 heavy (non-hydrogen) atoms. The van der Waals surface area contributed by atoms with Crippen LogP contribution in [0.1, 0.15) is 26.7 Å². The van der Waals surface area contributed by atoms with Gasteiger partial charge < -0.3 is 15.3 Å². The van der Waals surface area contributed by atoms with Gasteiger partial charge in [0.25, 0.3) is 5.91 Å². The number of carbonyl (C=O) groups excluding carboxylic acids is 3. The van der Waals surface area contributed by atoms with E-state index in [1.807, 2.05) is 0 Å². The van der Waals surface area contributed by atoms with Gasteiger partial charge in [0, 0.05) is 13.6 Å². The second-order valence-corrected chi connectivity index (χ2v) is 6.31. The average Bonchev–Trinajstić information content (AvgIpc) is 3.24. The Bertz CT molecular complexity index is 531. The summed E-state index contributed by atoms with van der Waals surface area (Å²) in [4.78, 5) is 49.4. The first-order chi connectivity index (χ1) is 10.2. The minimum atomic E-state index is -1.00. The van der Waals surface area contributed by atoms with Gasteiger partial charge in [-0.25, -0.2) is 4.79 Å². The Hall–Kier alpha value is -2.12. The summed E-state index contributed by atoms with van der Waals surface area (Å²) in [6.07, 6.45) is 1.78. The SMILES string of the molecule is CC(CN(C)C(=O)CN1C(=O)NC(C)(C2CC2)C1=O)C(=O)O. The van der Waals surface area contributed by atoms with Crippen LogP contribution in [0, 0.1) is 11.8 Å². The highest BCUT2D eigenvalue weighted by Crippen LogP contribution is 2.42. The Morgan fingerprint density at radius 3 is 2.55 bits per heavy atom. The van der Waals surface area contributed by atoms with Gasteiger partial charge in [-0.05, 0) is 25.7 Å². The summed E-state index contributed by atoms with van der Waals surface area (Å²) in [7, 11) is 1.46. The third-order valence-electron chi connectivity index (χ3n) is 4.38. The molecule has 0 aromatic heterocycles. The van der Waals surface area contributed by atoms with Crippen LogP contribution in [0.3, 0.4) is 0 Å². The number of hydrogen-bond acceptors (Lipinski definition) is 4. The molecule has 2 fully saturated rings. The monoisotopic (exact) mass is 311 g/mol. The van der Waals surface area contributed by atoms with Crippen molar-refractivity contribution in [3.8, 4) is 0 Å². The predicted molar refractivity (Wildman–Crippen MR) is 75.8 cm³/mol. The first-order valence-corrected chi connectivity index (χ1v) is 7.27. The summed E-state index contributed by atoms with van der Waals surface area (Å²) in [6.45, 7) is 2.84. The number of nitrogens with zero attached hydrogens (tertiary/aromatic N) is 2. The van der Waals surface area contributed by atoms with Crippen LogP contribution in [-0.4, -0.2) is 64.4 Å². The molecule has 8 heteroatoms. The zero-order valence-corrected chi connectivity index (χ0v) is 13.0. The molecule has 1 saturated heterocycles. The molecule has 0 bridgehead atoms. The van der Waals surface area contributed by atoms with E-state index in [-0.39, 0.29) is 24.9 Å². The molecule has 2 N–H and O–H groups in total. The molecule has 2 rings (SSSR count). The van der Waals surface area contributed by atoms with Crippen molar-refractivity contribution in [2.45, 2.75) is 32.2 Å². The lowest BCUT2D eigenvalue weighted by molar-refractivity contribution is -0.144. The van der Waals surface area contributed by atoms with Gasteiger partial charge in [0.15, 0.2) is 0 Å². The number of carbonyl (C=O) groups is 4. The molecule has 1 aliphatic carbocycles. The Balaban J connectivity index is 1.98. The minimum absolute atomic E-state index is 0.0255. The van der Waals surface area contributed by atoms with Crippen LogP contribution in [0.2, 0.25) is 0 Å². The molecule has 122 valence electrons. The third kappa shape index (κ3) is 2.90. The molecule has 1 saturated carbocycles. The number of aliphatic carboxylic acids is 1. The van der Waals surface area contributed by atoms with Gasteiger partial charge in [0.05, 0.1) is 5.92 Å². The van der Waals surface area contributed by atoms with Gasteiger partial charge in [-0.3, -0.25) is 19.3 Å². The van der Waals surface area contributed by atoms with E-state index in [0.29, 0.717) is 0 Å². The van der Waals surface area contributed by atoms with Crippen LogP contribution in [0.25, 0.3) is 0 Å². The van der Waals surface area contributed by atoms with E-state index < -0.39 is 29.4 Å². The standard InChI is InChI=1S/C14H21N3O5/c1-8(11(19)20)6-16(3)10(18)7-17-12(21)14(2,9-4-5-9)15-13(17)22/h8-9H,4-7H2,1-3H3,(H,15,22)(H,19,20). The molecule has 0 radical (unpaired) electrons. The van der Waals surface area contributed by atoms with Crippen molar-refractivity contribution in [3.63, 3.8) is 0 Å². The first-order valence-electron chi connectivity index (χ1n) is 7.27. The maximum Gasteiger partial charge on any atom is 0.325 e. The molecule has 1 aliphatic heterocycles. The fourth-order valence-corrected chi connectivity index (χ4v) is 2.64. The number of carboxylic acid groups (broad SMARTS) is 1. The van der Waals surface area contributed by atoms with Crippen LogP contribution in [-0.2, 0) is 14.4 Å². The largest absolute Gasteiger partial charge is 0.481 e. The van der Waals surface area contributed by atoms with E-state index >= 15 is 0 Å². The van der Waals surface area contributed by atoms with Gasteiger partial charge in [0.2, 0.25) is 5.91 Å². The lowest BCUT2D eigenvalue weighted by Gasteiger charge is -2.23. The molecule has 2 atom stereocenters. The number of urea groups is 1. The zero-order valence-electron chi connectivity index (χ0n) is 13.0. The predicted octanol–water partition coefficient (Wildman–Crippen LogP) is -0.114. The highest BCUT2D eigenvalue weighted by atomic mass is 16.4. The van der Waals surface area contributed by atoms with Crippen LogP contribution in [0.4, 0.5) is 4.79 Å². The van der Waals surface area contributed by atoms with E-state index in [1.165, 1.54) is 18.9 Å². The molecule has 8 nitrogen and oxygen atoms in total. The zero-order chi connectivity index (χ0) is 16.7. The van der Waals surface area contributed by atoms with Crippen LogP contribution < -0.4 is 5.32 Å². The molecule has 0 aromatic carbocycles. The van der Waals surface area contributed by atoms with Crippen molar-refractivity contribution in [2.75, 3.05) is 20.1 Å². The lowest BCUT2D eigenvalue weighted by atomic mass is 9.96. The number of rotatable bonds is 6. The van der Waals surface area contributed by atoms with E-state index in [4.69, 9.17) is 5.11 Å². The molecule has 1 heterocycles. The molecule has 0 spiro atoms. The van der Waals surface area contributed by atoms with Crippen molar-refractivity contribution < 1.29 is 24.3 Å². The number of likely N-dealkylation sites (N-methyl/N-ethyl adjacent to an activating group) is 1. The molecule has 2 unspecified atom stereocenters. The van der Waals surface area contributed by atoms with E-state index in [0.717, 1.165) is 17.7 Å². The Kier molecular flexibility index (Phi) is 4.12. The summed E-state index contributed by atoms with van der Waals surface area (Å²) in [6, 6.07) is -0.563. The van der Waals surface area contributed by atoms with Crippen molar-refractivity contribution in [1.29, 1.82) is 0 Å². The second-order valence-electron chi connectivity index (χ2n) is 6.31. The van der Waals surface area contributed by atoms with E-state index in [9.17, 15) is 19.2 Å². The molecule has 4 amide bonds. The summed E-state index contributed by atoms with van der Waals surface area (Å²) in [5.41, 5.74) is -0.912. The molecular weight excluding hydrogens is 290 g/mol. The van der Waals surface area contributed by atoms with Crippen molar-refractivity contribution in [2.24, 2.45) is 11.8 Å². The maximum absolute atomic E-state index is 12.4. The second kappa shape index (κ2) is 5.58. The number of hydrogen-bond donors (Lipinski definition) is 2. The minimum Gasteiger partial charge on any atom is -0.481 e. The summed E-state index contributed by atoms with van der Waals surface area (Å²) >= 11 is 0. The summed E-state index contributed by atoms with van der Waals surface area (Å²) in [5, 5.41) is 11.5. The van der Waals surface area contributed by atoms with Gasteiger partial charge in [0.1, 0.15) is 12.1 Å². The smallest absolute Gasteiger partial charge is 0.325 e. The Morgan fingerprint density at radius 1 is 1.45 bits per heavy atom. The van der Waals surface area contributed by atoms with Crippen LogP contribution >= 0.6 is 0 Å². The van der Waals surface area contributed by atoms with E-state index in [1.54, 1.807) is 6.92 Å². The molecule has 0 aromatic rings. The number of amides is 4. The van der Waals surface area contributed by atoms with Gasteiger partial charge in [-0.2, -0.15) is 0 Å². The van der Waals surface area contributed by atoms with Crippen molar-refractivity contribution >= 4 is 23.8 Å². The summed E-state index contributed by atoms with van der Waals surface area (Å²) < 4.78 is 0. The quantitative estimate of drug-likeness (QED) is 0.665. The average molecular weight is 311 g/mol. The number of imide groups is 1. The topological polar surface area (TPSA) is 107 Å². The number of carboxylic acids is 1. The fourth-order valence-electron chi connectivity index (χ4n) is 2.64. The third-order valence-corrected chi connectivity index (χ3v) is 4.38. The first kappa shape index (κ1) is 16.3.